The summed E-state index contributed by atoms with van der Waals surface area (Å²) in [6.07, 6.45) is 1.91. The minimum Gasteiger partial charge on any atom is -0.364 e. The number of anilines is 1. The average molecular weight is 332 g/mol. The first kappa shape index (κ1) is 16.6. The standard InChI is InChI=1S/C20H20N4O/c21-19(25)18-14-17(16-11-5-2-6-12-16)23-20(24-18)22-13-7-10-15-8-3-1-4-9-15/h1-6,8-9,11-12,14H,7,10,13H2,(H2,21,25)(H,22,23,24). The summed E-state index contributed by atoms with van der Waals surface area (Å²) < 4.78 is 0. The van der Waals surface area contributed by atoms with Gasteiger partial charge in [-0.25, -0.2) is 9.97 Å². The van der Waals surface area contributed by atoms with Crippen LogP contribution in [-0.4, -0.2) is 22.4 Å². The van der Waals surface area contributed by atoms with Crippen LogP contribution in [0.1, 0.15) is 22.5 Å². The number of carbonyl (C=O) groups excluding carboxylic acids is 1. The fourth-order valence-electron chi connectivity index (χ4n) is 2.55. The molecule has 0 aliphatic carbocycles. The third-order valence-corrected chi connectivity index (χ3v) is 3.82. The summed E-state index contributed by atoms with van der Waals surface area (Å²) in [5.41, 5.74) is 8.50. The zero-order chi connectivity index (χ0) is 17.5. The quantitative estimate of drug-likeness (QED) is 0.651. The van der Waals surface area contributed by atoms with Crippen LogP contribution in [0.15, 0.2) is 66.7 Å². The Balaban J connectivity index is 1.70. The van der Waals surface area contributed by atoms with Crippen LogP contribution < -0.4 is 11.1 Å². The van der Waals surface area contributed by atoms with E-state index in [0.717, 1.165) is 18.4 Å². The van der Waals surface area contributed by atoms with E-state index in [1.165, 1.54) is 5.56 Å². The van der Waals surface area contributed by atoms with Gasteiger partial charge in [0.05, 0.1) is 5.69 Å². The van der Waals surface area contributed by atoms with Gasteiger partial charge in [-0.05, 0) is 24.5 Å². The van der Waals surface area contributed by atoms with Crippen LogP contribution >= 0.6 is 0 Å². The summed E-state index contributed by atoms with van der Waals surface area (Å²) >= 11 is 0. The Morgan fingerprint density at radius 3 is 2.32 bits per heavy atom. The Hall–Kier alpha value is -3.21. The number of rotatable bonds is 7. The van der Waals surface area contributed by atoms with Gasteiger partial charge in [-0.3, -0.25) is 4.79 Å². The summed E-state index contributed by atoms with van der Waals surface area (Å²) in [7, 11) is 0. The van der Waals surface area contributed by atoms with E-state index < -0.39 is 5.91 Å². The van der Waals surface area contributed by atoms with Crippen LogP contribution in [0.2, 0.25) is 0 Å². The molecule has 25 heavy (non-hydrogen) atoms. The largest absolute Gasteiger partial charge is 0.364 e. The molecule has 1 aromatic heterocycles. The molecule has 0 radical (unpaired) electrons. The van der Waals surface area contributed by atoms with Crippen molar-refractivity contribution < 1.29 is 4.79 Å². The highest BCUT2D eigenvalue weighted by atomic mass is 16.1. The van der Waals surface area contributed by atoms with Gasteiger partial charge in [-0.15, -0.1) is 0 Å². The van der Waals surface area contributed by atoms with Crippen molar-refractivity contribution in [3.63, 3.8) is 0 Å². The molecule has 5 nitrogen and oxygen atoms in total. The Labute approximate surface area is 146 Å². The lowest BCUT2D eigenvalue weighted by molar-refractivity contribution is 0.0995. The molecule has 1 heterocycles. The van der Waals surface area contributed by atoms with Crippen molar-refractivity contribution in [2.45, 2.75) is 12.8 Å². The number of hydrogen-bond acceptors (Lipinski definition) is 4. The molecule has 2 aromatic carbocycles. The van der Waals surface area contributed by atoms with Crippen molar-refractivity contribution in [3.8, 4) is 11.3 Å². The van der Waals surface area contributed by atoms with Crippen molar-refractivity contribution >= 4 is 11.9 Å². The molecule has 0 aliphatic heterocycles. The number of nitrogens with one attached hydrogen (secondary N) is 1. The first-order chi connectivity index (χ1) is 12.2. The van der Waals surface area contributed by atoms with E-state index in [1.807, 2.05) is 48.5 Å². The van der Waals surface area contributed by atoms with Crippen LogP contribution in [0.25, 0.3) is 11.3 Å². The number of aromatic nitrogens is 2. The van der Waals surface area contributed by atoms with E-state index in [2.05, 4.69) is 27.4 Å². The second-order valence-corrected chi connectivity index (χ2v) is 5.71. The maximum absolute atomic E-state index is 11.6. The summed E-state index contributed by atoms with van der Waals surface area (Å²) in [4.78, 5) is 20.3. The second kappa shape index (κ2) is 8.06. The van der Waals surface area contributed by atoms with Gasteiger partial charge in [0.15, 0.2) is 0 Å². The Morgan fingerprint density at radius 1 is 0.960 bits per heavy atom. The number of aryl methyl sites for hydroxylation is 1. The molecule has 0 atom stereocenters. The van der Waals surface area contributed by atoms with E-state index in [0.29, 0.717) is 18.2 Å². The van der Waals surface area contributed by atoms with Gasteiger partial charge in [0.25, 0.3) is 5.91 Å². The minimum atomic E-state index is -0.563. The van der Waals surface area contributed by atoms with Crippen LogP contribution in [0.4, 0.5) is 5.95 Å². The van der Waals surface area contributed by atoms with Gasteiger partial charge >= 0.3 is 0 Å². The van der Waals surface area contributed by atoms with E-state index in [4.69, 9.17) is 5.73 Å². The summed E-state index contributed by atoms with van der Waals surface area (Å²) in [6.45, 7) is 0.714. The predicted octanol–water partition coefficient (Wildman–Crippen LogP) is 3.29. The predicted molar refractivity (Wildman–Crippen MR) is 99.2 cm³/mol. The minimum absolute atomic E-state index is 0.208. The molecule has 5 heteroatoms. The highest BCUT2D eigenvalue weighted by molar-refractivity contribution is 5.92. The van der Waals surface area contributed by atoms with E-state index >= 15 is 0 Å². The fraction of sp³-hybridized carbons (Fsp3) is 0.150. The smallest absolute Gasteiger partial charge is 0.267 e. The van der Waals surface area contributed by atoms with Crippen molar-refractivity contribution in [1.82, 2.24) is 9.97 Å². The molecule has 3 N–H and O–H groups in total. The van der Waals surface area contributed by atoms with Crippen LogP contribution in [-0.2, 0) is 6.42 Å². The maximum Gasteiger partial charge on any atom is 0.267 e. The number of carbonyl (C=O) groups is 1. The molecule has 0 spiro atoms. The van der Waals surface area contributed by atoms with Crippen LogP contribution in [0.3, 0.4) is 0 Å². The summed E-state index contributed by atoms with van der Waals surface area (Å²) in [6, 6.07) is 21.6. The monoisotopic (exact) mass is 332 g/mol. The molecule has 0 fully saturated rings. The molecule has 0 saturated carbocycles. The van der Waals surface area contributed by atoms with Gasteiger partial charge in [-0.1, -0.05) is 60.7 Å². The molecule has 3 rings (SSSR count). The maximum atomic E-state index is 11.6. The van der Waals surface area contributed by atoms with E-state index in [-0.39, 0.29) is 5.69 Å². The third-order valence-electron chi connectivity index (χ3n) is 3.82. The number of primary amides is 1. The Kier molecular flexibility index (Phi) is 5.36. The Morgan fingerprint density at radius 2 is 1.64 bits per heavy atom. The number of hydrogen-bond donors (Lipinski definition) is 2. The first-order valence-corrected chi connectivity index (χ1v) is 8.24. The SMILES string of the molecule is NC(=O)c1cc(-c2ccccc2)nc(NCCCc2ccccc2)n1. The number of nitrogens with two attached hydrogens (primary N) is 1. The van der Waals surface area contributed by atoms with Gasteiger partial charge in [-0.2, -0.15) is 0 Å². The third kappa shape index (κ3) is 4.64. The van der Waals surface area contributed by atoms with Gasteiger partial charge in [0, 0.05) is 12.1 Å². The lowest BCUT2D eigenvalue weighted by Gasteiger charge is -2.09. The van der Waals surface area contributed by atoms with Crippen LogP contribution in [0, 0.1) is 0 Å². The van der Waals surface area contributed by atoms with E-state index in [9.17, 15) is 4.79 Å². The summed E-state index contributed by atoms with van der Waals surface area (Å²) in [5, 5.41) is 3.19. The lowest BCUT2D eigenvalue weighted by atomic mass is 10.1. The number of nitrogens with zero attached hydrogens (tertiary/aromatic N) is 2. The van der Waals surface area contributed by atoms with Crippen molar-refractivity contribution in [2.75, 3.05) is 11.9 Å². The molecular formula is C20H20N4O. The topological polar surface area (TPSA) is 80.9 Å². The molecule has 126 valence electrons. The zero-order valence-electron chi connectivity index (χ0n) is 13.9. The van der Waals surface area contributed by atoms with Crippen molar-refractivity contribution in [3.05, 3.63) is 78.0 Å². The average Bonchev–Trinajstić information content (AvgIpc) is 2.66. The highest BCUT2D eigenvalue weighted by Crippen LogP contribution is 2.19. The molecule has 3 aromatic rings. The molecule has 0 bridgehead atoms. The van der Waals surface area contributed by atoms with Gasteiger partial charge in [0.2, 0.25) is 5.95 Å². The molecule has 0 aliphatic rings. The van der Waals surface area contributed by atoms with Gasteiger partial charge in [0.1, 0.15) is 5.69 Å². The van der Waals surface area contributed by atoms with Crippen LogP contribution in [0.5, 0.6) is 0 Å². The molecule has 0 unspecified atom stereocenters. The lowest BCUT2D eigenvalue weighted by Crippen LogP contribution is -2.16. The molecule has 0 saturated heterocycles. The van der Waals surface area contributed by atoms with Crippen molar-refractivity contribution in [1.29, 1.82) is 0 Å². The zero-order valence-corrected chi connectivity index (χ0v) is 13.9. The van der Waals surface area contributed by atoms with Crippen molar-refractivity contribution in [2.24, 2.45) is 5.73 Å². The normalized spacial score (nSPS) is 10.4. The number of benzene rings is 2. The first-order valence-electron chi connectivity index (χ1n) is 8.24. The second-order valence-electron chi connectivity index (χ2n) is 5.71. The number of amides is 1. The fourth-order valence-corrected chi connectivity index (χ4v) is 2.55. The Bertz CT molecular complexity index is 835. The summed E-state index contributed by atoms with van der Waals surface area (Å²) in [5.74, 6) is -0.143. The molecular weight excluding hydrogens is 312 g/mol. The highest BCUT2D eigenvalue weighted by Gasteiger charge is 2.10. The van der Waals surface area contributed by atoms with E-state index in [1.54, 1.807) is 6.07 Å². The molecule has 1 amide bonds. The van der Waals surface area contributed by atoms with Gasteiger partial charge < -0.3 is 11.1 Å².